The monoisotopic (exact) mass is 1460 g/mol. The second-order valence-electron chi connectivity index (χ2n) is 25.6. The van der Waals surface area contributed by atoms with Crippen LogP contribution in [-0.4, -0.2) is 59.4 Å². The van der Waals surface area contributed by atoms with Crippen molar-refractivity contribution in [2.45, 2.75) is 38.9 Å². The molecule has 17 rings (SSSR count). The molecule has 0 aliphatic heterocycles. The Hall–Kier alpha value is -14.2. The number of amides is 5. The third-order valence-corrected chi connectivity index (χ3v) is 18.1. The van der Waals surface area contributed by atoms with Gasteiger partial charge in [-0.15, -0.1) is 0 Å². The molecule has 10 N–H and O–H groups in total. The number of carbonyl (C=O) groups excluding carboxylic acids is 5. The van der Waals surface area contributed by atoms with Crippen molar-refractivity contribution < 1.29 is 45.9 Å². The van der Waals surface area contributed by atoms with Crippen LogP contribution in [0.15, 0.2) is 291 Å². The van der Waals surface area contributed by atoms with E-state index in [1.807, 2.05) is 185 Å². The fourth-order valence-electron chi connectivity index (χ4n) is 12.4. The van der Waals surface area contributed by atoms with Crippen molar-refractivity contribution in [3.63, 3.8) is 0 Å². The van der Waals surface area contributed by atoms with Crippen LogP contribution in [0.5, 0.6) is 0 Å². The number of para-hydroxylation sites is 2. The maximum Gasteiger partial charge on any atom is 0.272 e. The Bertz CT molecular complexity index is 5640. The van der Waals surface area contributed by atoms with Gasteiger partial charge in [-0.3, -0.25) is 29.0 Å². The summed E-state index contributed by atoms with van der Waals surface area (Å²) in [6, 6.07) is 82.9. The first-order chi connectivity index (χ1) is 52.9. The number of halogens is 5. The van der Waals surface area contributed by atoms with E-state index in [0.29, 0.717) is 77.9 Å². The molecule has 542 valence electrons. The van der Waals surface area contributed by atoms with E-state index in [1.165, 1.54) is 48.5 Å². The smallest absolute Gasteiger partial charge is 0.272 e. The SMILES string of the molecule is C[C@@H](NC(=O)c1cc2c(F)cccc2[nH]1)c1ccccc1.C[C@@H](NC(=O)c1cc2cccc(F)c2[nH]1)c1ccccc1.C[C@H](NC(=O)c1cc2cccc(F)c2[nH]1)c1ccccc1.O=C(Nc1cccc2ccccc12)c1cc2ccc(F)cc2[nH]1.O=C(Nc1cccc2ncccc12)c1cc2ccc(F)cc2[nH]1. The van der Waals surface area contributed by atoms with Crippen molar-refractivity contribution in [1.29, 1.82) is 0 Å². The Kier molecular flexibility index (Phi) is 22.3. The summed E-state index contributed by atoms with van der Waals surface area (Å²) >= 11 is 0. The minimum atomic E-state index is -0.359. The van der Waals surface area contributed by atoms with Gasteiger partial charge in [-0.05, 0) is 164 Å². The lowest BCUT2D eigenvalue weighted by Crippen LogP contribution is -2.26. The molecule has 0 saturated heterocycles. The first-order valence-electron chi connectivity index (χ1n) is 34.8. The zero-order valence-corrected chi connectivity index (χ0v) is 58.8. The summed E-state index contributed by atoms with van der Waals surface area (Å²) < 4.78 is 67.4. The summed E-state index contributed by atoms with van der Waals surface area (Å²) in [6.45, 7) is 5.74. The Morgan fingerprint density at radius 2 is 0.679 bits per heavy atom. The van der Waals surface area contributed by atoms with E-state index in [-0.39, 0.29) is 76.7 Å². The molecule has 3 atom stereocenters. The number of H-pyrrole nitrogens is 5. The molecule has 0 fully saturated rings. The average molecular weight is 1460 g/mol. The van der Waals surface area contributed by atoms with E-state index >= 15 is 0 Å². The largest absolute Gasteiger partial charge is 0.350 e. The topological polar surface area (TPSA) is 237 Å². The molecule has 21 heteroatoms. The molecule has 0 unspecified atom stereocenters. The van der Waals surface area contributed by atoms with Crippen molar-refractivity contribution in [2.24, 2.45) is 0 Å². The maximum atomic E-state index is 13.6. The third-order valence-electron chi connectivity index (χ3n) is 18.1. The summed E-state index contributed by atoms with van der Waals surface area (Å²) in [5.41, 5.74) is 9.70. The number of fused-ring (bicyclic) bond motifs is 7. The van der Waals surface area contributed by atoms with Gasteiger partial charge in [-0.25, -0.2) is 22.0 Å². The van der Waals surface area contributed by atoms with Crippen LogP contribution in [0.1, 0.15) is 108 Å². The highest BCUT2D eigenvalue weighted by molar-refractivity contribution is 6.11. The Balaban J connectivity index is 0.000000120. The highest BCUT2D eigenvalue weighted by Gasteiger charge is 2.20. The molecule has 0 saturated carbocycles. The molecule has 0 aliphatic carbocycles. The molecule has 11 aromatic carbocycles. The van der Waals surface area contributed by atoms with Gasteiger partial charge in [-0.1, -0.05) is 164 Å². The van der Waals surface area contributed by atoms with Crippen LogP contribution in [0.4, 0.5) is 33.3 Å². The third kappa shape index (κ3) is 17.6. The number of carbonyl (C=O) groups is 5. The van der Waals surface area contributed by atoms with Crippen LogP contribution in [0.3, 0.4) is 0 Å². The number of aromatic amines is 5. The number of anilines is 2. The number of aromatic nitrogens is 6. The lowest BCUT2D eigenvalue weighted by molar-refractivity contribution is 0.0927. The quantitative estimate of drug-likeness (QED) is 0.0504. The van der Waals surface area contributed by atoms with Crippen LogP contribution in [0.2, 0.25) is 0 Å². The van der Waals surface area contributed by atoms with E-state index in [9.17, 15) is 45.9 Å². The average Bonchev–Trinajstić information content (AvgIpc) is 1.24. The summed E-state index contributed by atoms with van der Waals surface area (Å²) in [6.07, 6.45) is 1.71. The molecule has 16 nitrogen and oxygen atoms in total. The number of hydrogen-bond donors (Lipinski definition) is 10. The molecule has 109 heavy (non-hydrogen) atoms. The molecule has 17 aromatic rings. The van der Waals surface area contributed by atoms with Crippen molar-refractivity contribution in [2.75, 3.05) is 10.6 Å². The van der Waals surface area contributed by atoms with Gasteiger partial charge in [0.1, 0.15) is 57.6 Å². The molecular formula is C88H70F5N11O5. The fourth-order valence-corrected chi connectivity index (χ4v) is 12.4. The second kappa shape index (κ2) is 33.3. The summed E-state index contributed by atoms with van der Waals surface area (Å²) in [5, 5.41) is 20.8. The van der Waals surface area contributed by atoms with Crippen LogP contribution < -0.4 is 26.6 Å². The van der Waals surface area contributed by atoms with Gasteiger partial charge < -0.3 is 51.5 Å². The molecule has 6 aromatic heterocycles. The maximum absolute atomic E-state index is 13.6. The van der Waals surface area contributed by atoms with Gasteiger partial charge >= 0.3 is 0 Å². The lowest BCUT2D eigenvalue weighted by Gasteiger charge is -2.13. The van der Waals surface area contributed by atoms with Crippen LogP contribution in [0.25, 0.3) is 76.2 Å². The summed E-state index contributed by atoms with van der Waals surface area (Å²) in [7, 11) is 0. The van der Waals surface area contributed by atoms with Gasteiger partial charge in [-0.2, -0.15) is 0 Å². The van der Waals surface area contributed by atoms with Crippen LogP contribution in [0, 0.1) is 29.1 Å². The van der Waals surface area contributed by atoms with Gasteiger partial charge in [0.05, 0.1) is 40.4 Å². The van der Waals surface area contributed by atoms with Gasteiger partial charge in [0.25, 0.3) is 29.5 Å². The van der Waals surface area contributed by atoms with Crippen LogP contribution >= 0.6 is 0 Å². The highest BCUT2D eigenvalue weighted by Crippen LogP contribution is 2.28. The zero-order chi connectivity index (χ0) is 76.1. The molecule has 0 aliphatic rings. The number of rotatable bonds is 13. The van der Waals surface area contributed by atoms with Crippen molar-refractivity contribution in [3.8, 4) is 0 Å². The lowest BCUT2D eigenvalue weighted by atomic mass is 10.1. The normalized spacial score (nSPS) is 11.7. The number of nitrogens with zero attached hydrogens (tertiary/aromatic N) is 1. The number of benzene rings is 11. The molecule has 0 spiro atoms. The Morgan fingerprint density at radius 1 is 0.303 bits per heavy atom. The first kappa shape index (κ1) is 73.1. The zero-order valence-electron chi connectivity index (χ0n) is 58.8. The minimum Gasteiger partial charge on any atom is -0.350 e. The van der Waals surface area contributed by atoms with Gasteiger partial charge in [0, 0.05) is 66.1 Å². The van der Waals surface area contributed by atoms with Gasteiger partial charge in [0.15, 0.2) is 0 Å². The van der Waals surface area contributed by atoms with E-state index in [1.54, 1.807) is 79.0 Å². The van der Waals surface area contributed by atoms with E-state index < -0.39 is 0 Å². The summed E-state index contributed by atoms with van der Waals surface area (Å²) in [5.74, 6) is -3.00. The van der Waals surface area contributed by atoms with Crippen molar-refractivity contribution in [3.05, 3.63) is 366 Å². The summed E-state index contributed by atoms with van der Waals surface area (Å²) in [4.78, 5) is 80.4. The molecule has 0 radical (unpaired) electrons. The minimum absolute atomic E-state index is 0.116. The molecular weight excluding hydrogens is 1390 g/mol. The molecule has 6 heterocycles. The fraction of sp³-hybridized carbons (Fsp3) is 0.0682. The predicted molar refractivity (Wildman–Crippen MR) is 420 cm³/mol. The standard InChI is InChI=1S/C19H13FN2O.C18H12FN3O.3C17H15FN2O/c20-14-9-8-13-10-18(21-17(13)11-14)19(23)22-16-7-3-5-12-4-1-2-6-15(12)16;19-12-7-6-11-9-17(21-16(11)10-12)18(23)22-15-5-1-4-14-13(15)3-2-8-20-14;1-11(12-6-3-2-4-7-12)19-17(21)16-10-13-14(18)8-5-9-15(13)20-16;2*1-11(12-6-3-2-4-7-12)19-17(21)15-10-13-8-5-9-14(18)16(13)20-15/h1-11,21H,(H,22,23);1-10,21H,(H,22,23);3*2-11,20H,1H3,(H,19,21)/t;;3*11-/m..110/s1. The first-order valence-corrected chi connectivity index (χ1v) is 34.8. The number of pyridine rings is 1. The van der Waals surface area contributed by atoms with Gasteiger partial charge in [0.2, 0.25) is 0 Å². The highest BCUT2D eigenvalue weighted by atomic mass is 19.1. The Morgan fingerprint density at radius 3 is 1.17 bits per heavy atom. The van der Waals surface area contributed by atoms with Crippen molar-refractivity contribution >= 4 is 117 Å². The number of nitrogens with one attached hydrogen (secondary N) is 10. The number of hydrogen-bond acceptors (Lipinski definition) is 6. The molecule has 5 amide bonds. The Labute approximate surface area is 620 Å². The molecule has 0 bridgehead atoms. The van der Waals surface area contributed by atoms with E-state index in [2.05, 4.69) is 56.5 Å². The van der Waals surface area contributed by atoms with Crippen molar-refractivity contribution in [1.82, 2.24) is 45.9 Å². The van der Waals surface area contributed by atoms with Crippen LogP contribution in [-0.2, 0) is 0 Å². The predicted octanol–water partition coefficient (Wildman–Crippen LogP) is 20.2. The van der Waals surface area contributed by atoms with E-state index in [0.717, 1.165) is 54.8 Å². The van der Waals surface area contributed by atoms with E-state index in [4.69, 9.17) is 0 Å². The second-order valence-corrected chi connectivity index (χ2v) is 25.6.